The average Bonchev–Trinajstić information content (AvgIpc) is 2.89. The van der Waals surface area contributed by atoms with Crippen LogP contribution in [0.4, 0.5) is 8.78 Å². The molecule has 2 aliphatic rings. The number of benzene rings is 2. The van der Waals surface area contributed by atoms with E-state index in [1.54, 1.807) is 12.1 Å². The third-order valence-electron chi connectivity index (χ3n) is 5.81. The highest BCUT2D eigenvalue weighted by molar-refractivity contribution is 5.31. The van der Waals surface area contributed by atoms with Gasteiger partial charge in [-0.05, 0) is 74.0 Å². The summed E-state index contributed by atoms with van der Waals surface area (Å²) in [7, 11) is 2.22. The molecule has 1 saturated heterocycles. The maximum atomic E-state index is 13.2. The Morgan fingerprint density at radius 2 is 1.48 bits per heavy atom. The van der Waals surface area contributed by atoms with E-state index in [0.717, 1.165) is 18.4 Å². The van der Waals surface area contributed by atoms with Crippen molar-refractivity contribution < 1.29 is 8.78 Å². The zero-order valence-electron chi connectivity index (χ0n) is 14.5. The predicted octanol–water partition coefficient (Wildman–Crippen LogP) is 4.77. The molecule has 2 aromatic rings. The Morgan fingerprint density at radius 1 is 0.880 bits per heavy atom. The van der Waals surface area contributed by atoms with Gasteiger partial charge in [0.25, 0.3) is 0 Å². The fourth-order valence-corrected chi connectivity index (χ4v) is 4.53. The molecule has 130 valence electrons. The molecule has 25 heavy (non-hydrogen) atoms. The van der Waals surface area contributed by atoms with E-state index in [9.17, 15) is 8.78 Å². The molecule has 2 unspecified atom stereocenters. The summed E-state index contributed by atoms with van der Waals surface area (Å²) < 4.78 is 26.3. The lowest BCUT2D eigenvalue weighted by atomic mass is 9.85. The Morgan fingerprint density at radius 3 is 2.12 bits per heavy atom. The van der Waals surface area contributed by atoms with E-state index in [0.29, 0.717) is 18.0 Å². The molecular formula is C22H23F2N. The Labute approximate surface area is 148 Å². The van der Waals surface area contributed by atoms with E-state index < -0.39 is 0 Å². The molecule has 0 aliphatic carbocycles. The molecule has 4 rings (SSSR count). The van der Waals surface area contributed by atoms with E-state index in [1.165, 1.54) is 36.1 Å². The molecule has 1 nitrogen and oxygen atoms in total. The van der Waals surface area contributed by atoms with Crippen LogP contribution in [0.25, 0.3) is 0 Å². The molecule has 2 aliphatic heterocycles. The van der Waals surface area contributed by atoms with Gasteiger partial charge in [-0.3, -0.25) is 4.90 Å². The monoisotopic (exact) mass is 339 g/mol. The molecule has 2 aromatic carbocycles. The van der Waals surface area contributed by atoms with Crippen molar-refractivity contribution in [3.63, 3.8) is 0 Å². The topological polar surface area (TPSA) is 3.24 Å². The summed E-state index contributed by atoms with van der Waals surface area (Å²) in [5, 5.41) is 0. The van der Waals surface area contributed by atoms with Gasteiger partial charge < -0.3 is 0 Å². The molecule has 0 saturated carbocycles. The molecular weight excluding hydrogens is 316 g/mol. The van der Waals surface area contributed by atoms with Crippen molar-refractivity contribution >= 4 is 0 Å². The van der Waals surface area contributed by atoms with Gasteiger partial charge in [0, 0.05) is 12.1 Å². The van der Waals surface area contributed by atoms with E-state index >= 15 is 0 Å². The van der Waals surface area contributed by atoms with Crippen LogP contribution in [0.15, 0.2) is 60.2 Å². The molecule has 0 radical (unpaired) electrons. The van der Waals surface area contributed by atoms with Gasteiger partial charge in [0.1, 0.15) is 11.6 Å². The van der Waals surface area contributed by atoms with Crippen LogP contribution in [0.5, 0.6) is 0 Å². The molecule has 1 fully saturated rings. The smallest absolute Gasteiger partial charge is 0.123 e. The van der Waals surface area contributed by atoms with Crippen LogP contribution in [-0.2, 0) is 12.8 Å². The first-order valence-electron chi connectivity index (χ1n) is 9.01. The first-order valence-corrected chi connectivity index (χ1v) is 9.01. The lowest BCUT2D eigenvalue weighted by Gasteiger charge is -2.37. The van der Waals surface area contributed by atoms with Gasteiger partial charge in [-0.1, -0.05) is 35.9 Å². The van der Waals surface area contributed by atoms with Gasteiger partial charge in [-0.25, -0.2) is 8.78 Å². The summed E-state index contributed by atoms with van der Waals surface area (Å²) in [5.74, 6) is 0.0799. The van der Waals surface area contributed by atoms with Gasteiger partial charge in [0.2, 0.25) is 0 Å². The minimum atomic E-state index is -0.186. The molecule has 3 atom stereocenters. The molecule has 2 bridgehead atoms. The Balaban J connectivity index is 1.57. The number of hydrogen-bond acceptors (Lipinski definition) is 1. The first kappa shape index (κ1) is 16.5. The van der Waals surface area contributed by atoms with Gasteiger partial charge in [-0.15, -0.1) is 0 Å². The van der Waals surface area contributed by atoms with Crippen molar-refractivity contribution in [2.75, 3.05) is 7.05 Å². The number of fused-ring (bicyclic) bond motifs is 2. The van der Waals surface area contributed by atoms with Gasteiger partial charge in [-0.2, -0.15) is 0 Å². The van der Waals surface area contributed by atoms with Crippen molar-refractivity contribution in [2.45, 2.75) is 37.8 Å². The maximum absolute atomic E-state index is 13.2. The summed E-state index contributed by atoms with van der Waals surface area (Å²) in [4.78, 5) is 2.51. The highest BCUT2D eigenvalue weighted by Gasteiger charge is 2.40. The lowest BCUT2D eigenvalue weighted by molar-refractivity contribution is 0.200. The van der Waals surface area contributed by atoms with Crippen LogP contribution >= 0.6 is 0 Å². The quantitative estimate of drug-likeness (QED) is 0.725. The van der Waals surface area contributed by atoms with Crippen LogP contribution in [-0.4, -0.2) is 24.0 Å². The van der Waals surface area contributed by atoms with Crippen LogP contribution in [0.2, 0.25) is 0 Å². The average molecular weight is 339 g/mol. The number of nitrogens with zero attached hydrogens (tertiary/aromatic N) is 1. The first-order chi connectivity index (χ1) is 12.1. The van der Waals surface area contributed by atoms with E-state index in [2.05, 4.69) is 18.0 Å². The van der Waals surface area contributed by atoms with E-state index in [4.69, 9.17) is 0 Å². The summed E-state index contributed by atoms with van der Waals surface area (Å²) in [6.45, 7) is 0. The van der Waals surface area contributed by atoms with Crippen molar-refractivity contribution in [1.82, 2.24) is 4.90 Å². The number of halogens is 2. The minimum Gasteiger partial charge on any atom is -0.296 e. The third kappa shape index (κ3) is 3.38. The van der Waals surface area contributed by atoms with Crippen LogP contribution in [0, 0.1) is 17.6 Å². The maximum Gasteiger partial charge on any atom is 0.123 e. The number of likely N-dealkylation sites (N-methyl/N-ethyl adjacent to an activating group) is 1. The second kappa shape index (κ2) is 6.72. The summed E-state index contributed by atoms with van der Waals surface area (Å²) in [6, 6.07) is 14.8. The van der Waals surface area contributed by atoms with Crippen molar-refractivity contribution in [3.8, 4) is 0 Å². The number of rotatable bonds is 4. The molecule has 3 heteroatoms. The predicted molar refractivity (Wildman–Crippen MR) is 96.4 cm³/mol. The van der Waals surface area contributed by atoms with Gasteiger partial charge >= 0.3 is 0 Å². The van der Waals surface area contributed by atoms with Crippen LogP contribution < -0.4 is 0 Å². The highest BCUT2D eigenvalue weighted by Crippen LogP contribution is 2.40. The SMILES string of the molecule is CN1C2CCC1[C@@H](Cc1ccc(F)cc1)C=C2Cc1ccc(F)cc1. The van der Waals surface area contributed by atoms with Crippen LogP contribution in [0.1, 0.15) is 24.0 Å². The third-order valence-corrected chi connectivity index (χ3v) is 5.81. The molecule has 0 aromatic heterocycles. The van der Waals surface area contributed by atoms with Crippen molar-refractivity contribution in [1.29, 1.82) is 0 Å². The van der Waals surface area contributed by atoms with Crippen molar-refractivity contribution in [2.24, 2.45) is 5.92 Å². The van der Waals surface area contributed by atoms with E-state index in [-0.39, 0.29) is 11.6 Å². The molecule has 0 N–H and O–H groups in total. The summed E-state index contributed by atoms with van der Waals surface area (Å²) in [5.41, 5.74) is 3.78. The second-order valence-corrected chi connectivity index (χ2v) is 7.37. The van der Waals surface area contributed by atoms with Gasteiger partial charge in [0.05, 0.1) is 0 Å². The van der Waals surface area contributed by atoms with Crippen LogP contribution in [0.3, 0.4) is 0 Å². The number of hydrogen-bond donors (Lipinski definition) is 0. The summed E-state index contributed by atoms with van der Waals surface area (Å²) in [6.07, 6.45) is 6.65. The Kier molecular flexibility index (Phi) is 4.43. The molecule has 2 heterocycles. The largest absolute Gasteiger partial charge is 0.296 e. The fraction of sp³-hybridized carbons (Fsp3) is 0.364. The van der Waals surface area contributed by atoms with E-state index in [1.807, 2.05) is 24.3 Å². The fourth-order valence-electron chi connectivity index (χ4n) is 4.53. The Hall–Kier alpha value is -2.00. The summed E-state index contributed by atoms with van der Waals surface area (Å²) >= 11 is 0. The zero-order chi connectivity index (χ0) is 17.4. The van der Waals surface area contributed by atoms with Crippen molar-refractivity contribution in [3.05, 3.63) is 82.9 Å². The Bertz CT molecular complexity index is 764. The highest BCUT2D eigenvalue weighted by atomic mass is 19.1. The van der Waals surface area contributed by atoms with Gasteiger partial charge in [0.15, 0.2) is 0 Å². The standard InChI is InChI=1S/C22H23F2N/c1-25-21-10-11-22(25)18(13-16-4-8-20(24)9-5-16)14-17(21)12-15-2-6-19(23)7-3-15/h2-9,14,17,21-22H,10-13H2,1H3/t17-,21?,22?/m0/s1. The minimum absolute atomic E-state index is 0.182. The molecule has 0 amide bonds. The lowest BCUT2D eigenvalue weighted by Crippen LogP contribution is -2.42. The molecule has 0 spiro atoms. The normalized spacial score (nSPS) is 25.9. The zero-order valence-corrected chi connectivity index (χ0v) is 14.5. The second-order valence-electron chi connectivity index (χ2n) is 7.37.